The number of hydrogen-bond donors (Lipinski definition) is 1. The third kappa shape index (κ3) is 1.20. The summed E-state index contributed by atoms with van der Waals surface area (Å²) in [5.74, 6) is -0.188. The van der Waals surface area contributed by atoms with Crippen molar-refractivity contribution in [3.05, 3.63) is 29.3 Å². The summed E-state index contributed by atoms with van der Waals surface area (Å²) in [6.45, 7) is 2.72. The summed E-state index contributed by atoms with van der Waals surface area (Å²) >= 11 is 0. The van der Waals surface area contributed by atoms with Crippen LogP contribution in [-0.2, 0) is 13.0 Å². The van der Waals surface area contributed by atoms with Crippen LogP contribution >= 0.6 is 0 Å². The standard InChI is InChI=1S/C9H11FN2/c1-6-2-7-3-11-5-9(10)8(7)4-12-6/h3,5-6,12H,2,4H2,1H3/t6-/m1/s1. The van der Waals surface area contributed by atoms with Crippen molar-refractivity contribution in [2.24, 2.45) is 0 Å². The molecule has 0 spiro atoms. The first-order chi connectivity index (χ1) is 5.77. The molecular weight excluding hydrogens is 155 g/mol. The number of halogens is 1. The second-order valence-electron chi connectivity index (χ2n) is 3.25. The van der Waals surface area contributed by atoms with E-state index in [4.69, 9.17) is 0 Å². The van der Waals surface area contributed by atoms with E-state index in [1.54, 1.807) is 6.20 Å². The second-order valence-corrected chi connectivity index (χ2v) is 3.25. The van der Waals surface area contributed by atoms with E-state index in [2.05, 4.69) is 17.2 Å². The van der Waals surface area contributed by atoms with Crippen molar-refractivity contribution < 1.29 is 4.39 Å². The first-order valence-corrected chi connectivity index (χ1v) is 4.12. The third-order valence-corrected chi connectivity index (χ3v) is 2.25. The van der Waals surface area contributed by atoms with Crippen molar-refractivity contribution in [3.63, 3.8) is 0 Å². The summed E-state index contributed by atoms with van der Waals surface area (Å²) in [5.41, 5.74) is 1.82. The van der Waals surface area contributed by atoms with Crippen LogP contribution in [0.2, 0.25) is 0 Å². The van der Waals surface area contributed by atoms with Crippen LogP contribution < -0.4 is 5.32 Å². The summed E-state index contributed by atoms with van der Waals surface area (Å²) in [6, 6.07) is 0.432. The van der Waals surface area contributed by atoms with Gasteiger partial charge in [0.2, 0.25) is 0 Å². The van der Waals surface area contributed by atoms with Gasteiger partial charge in [0.25, 0.3) is 0 Å². The lowest BCUT2D eigenvalue weighted by Crippen LogP contribution is -2.33. The average Bonchev–Trinajstić information content (AvgIpc) is 2.04. The van der Waals surface area contributed by atoms with Gasteiger partial charge in [-0.3, -0.25) is 4.98 Å². The first-order valence-electron chi connectivity index (χ1n) is 4.12. The molecular formula is C9H11FN2. The highest BCUT2D eigenvalue weighted by molar-refractivity contribution is 5.27. The molecule has 1 aromatic rings. The van der Waals surface area contributed by atoms with Gasteiger partial charge in [-0.15, -0.1) is 0 Å². The molecule has 3 heteroatoms. The molecule has 0 unspecified atom stereocenters. The first kappa shape index (κ1) is 7.68. The molecule has 0 radical (unpaired) electrons. The lowest BCUT2D eigenvalue weighted by atomic mass is 9.99. The maximum Gasteiger partial charge on any atom is 0.146 e. The van der Waals surface area contributed by atoms with Crippen LogP contribution in [0.1, 0.15) is 18.1 Å². The number of pyridine rings is 1. The van der Waals surface area contributed by atoms with E-state index in [9.17, 15) is 4.39 Å². The van der Waals surface area contributed by atoms with Crippen LogP contribution in [0.5, 0.6) is 0 Å². The van der Waals surface area contributed by atoms with E-state index in [0.717, 1.165) is 17.5 Å². The average molecular weight is 166 g/mol. The molecule has 2 nitrogen and oxygen atoms in total. The lowest BCUT2D eigenvalue weighted by molar-refractivity contribution is 0.486. The molecule has 1 aromatic heterocycles. The van der Waals surface area contributed by atoms with Crippen LogP contribution in [0.3, 0.4) is 0 Å². The molecule has 0 fully saturated rings. The lowest BCUT2D eigenvalue weighted by Gasteiger charge is -2.22. The molecule has 0 amide bonds. The number of nitrogens with zero attached hydrogens (tertiary/aromatic N) is 1. The van der Waals surface area contributed by atoms with E-state index >= 15 is 0 Å². The number of aromatic nitrogens is 1. The summed E-state index contributed by atoms with van der Waals surface area (Å²) in [7, 11) is 0. The van der Waals surface area contributed by atoms with E-state index in [1.807, 2.05) is 0 Å². The SMILES string of the molecule is C[C@@H]1Cc2cncc(F)c2CN1. The van der Waals surface area contributed by atoms with Gasteiger partial charge in [0, 0.05) is 24.3 Å². The molecule has 0 aromatic carbocycles. The van der Waals surface area contributed by atoms with Gasteiger partial charge in [0.1, 0.15) is 5.82 Å². The zero-order valence-electron chi connectivity index (χ0n) is 6.97. The van der Waals surface area contributed by atoms with E-state index in [-0.39, 0.29) is 5.82 Å². The molecule has 2 rings (SSSR count). The fourth-order valence-electron chi connectivity index (χ4n) is 1.55. The quantitative estimate of drug-likeness (QED) is 0.627. The molecule has 1 aliphatic rings. The summed E-state index contributed by atoms with van der Waals surface area (Å²) < 4.78 is 13.1. The van der Waals surface area contributed by atoms with E-state index in [0.29, 0.717) is 12.6 Å². The molecule has 0 saturated heterocycles. The Kier molecular flexibility index (Phi) is 1.81. The molecule has 0 bridgehead atoms. The smallest absolute Gasteiger partial charge is 0.146 e. The Labute approximate surface area is 70.8 Å². The van der Waals surface area contributed by atoms with Gasteiger partial charge in [-0.25, -0.2) is 4.39 Å². The van der Waals surface area contributed by atoms with Crippen molar-refractivity contribution in [2.75, 3.05) is 0 Å². The normalized spacial score (nSPS) is 22.0. The van der Waals surface area contributed by atoms with E-state index in [1.165, 1.54) is 6.20 Å². The number of nitrogens with one attached hydrogen (secondary N) is 1. The fraction of sp³-hybridized carbons (Fsp3) is 0.444. The highest BCUT2D eigenvalue weighted by Gasteiger charge is 2.17. The molecule has 0 aliphatic carbocycles. The van der Waals surface area contributed by atoms with Crippen LogP contribution in [0.25, 0.3) is 0 Å². The van der Waals surface area contributed by atoms with Crippen molar-refractivity contribution in [1.29, 1.82) is 0 Å². The van der Waals surface area contributed by atoms with Crippen molar-refractivity contribution in [3.8, 4) is 0 Å². The maximum atomic E-state index is 13.1. The molecule has 2 heterocycles. The Morgan fingerprint density at radius 3 is 3.25 bits per heavy atom. The predicted molar refractivity (Wildman–Crippen MR) is 44.2 cm³/mol. The van der Waals surface area contributed by atoms with Crippen LogP contribution in [0.4, 0.5) is 4.39 Å². The van der Waals surface area contributed by atoms with Crippen LogP contribution in [0.15, 0.2) is 12.4 Å². The third-order valence-electron chi connectivity index (χ3n) is 2.25. The predicted octanol–water partition coefficient (Wildman–Crippen LogP) is 1.25. The Morgan fingerprint density at radius 2 is 2.42 bits per heavy atom. The van der Waals surface area contributed by atoms with Gasteiger partial charge >= 0.3 is 0 Å². The van der Waals surface area contributed by atoms with Crippen LogP contribution in [-0.4, -0.2) is 11.0 Å². The van der Waals surface area contributed by atoms with Gasteiger partial charge in [0.05, 0.1) is 6.20 Å². The zero-order valence-corrected chi connectivity index (χ0v) is 6.97. The minimum atomic E-state index is -0.188. The van der Waals surface area contributed by atoms with Gasteiger partial charge in [-0.2, -0.15) is 0 Å². The highest BCUT2D eigenvalue weighted by Crippen LogP contribution is 2.17. The van der Waals surface area contributed by atoms with Gasteiger partial charge in [-0.1, -0.05) is 0 Å². The summed E-state index contributed by atoms with van der Waals surface area (Å²) in [6.07, 6.45) is 3.91. The van der Waals surface area contributed by atoms with Crippen molar-refractivity contribution in [2.45, 2.75) is 25.9 Å². The minimum Gasteiger partial charge on any atom is -0.310 e. The minimum absolute atomic E-state index is 0.188. The van der Waals surface area contributed by atoms with Crippen molar-refractivity contribution >= 4 is 0 Å². The largest absolute Gasteiger partial charge is 0.310 e. The van der Waals surface area contributed by atoms with Crippen LogP contribution in [0, 0.1) is 5.82 Å². The number of rotatable bonds is 0. The topological polar surface area (TPSA) is 24.9 Å². The fourth-order valence-corrected chi connectivity index (χ4v) is 1.55. The Bertz CT molecular complexity index is 299. The maximum absolute atomic E-state index is 13.1. The zero-order chi connectivity index (χ0) is 8.55. The van der Waals surface area contributed by atoms with Gasteiger partial charge in [0.15, 0.2) is 0 Å². The summed E-state index contributed by atoms with van der Waals surface area (Å²) in [5, 5.41) is 3.21. The summed E-state index contributed by atoms with van der Waals surface area (Å²) in [4.78, 5) is 3.83. The Morgan fingerprint density at radius 1 is 1.58 bits per heavy atom. The monoisotopic (exact) mass is 166 g/mol. The molecule has 1 aliphatic heterocycles. The number of fused-ring (bicyclic) bond motifs is 1. The second kappa shape index (κ2) is 2.83. The van der Waals surface area contributed by atoms with E-state index < -0.39 is 0 Å². The Balaban J connectivity index is 2.42. The molecule has 64 valence electrons. The molecule has 1 atom stereocenters. The number of hydrogen-bond acceptors (Lipinski definition) is 2. The van der Waals surface area contributed by atoms with Crippen molar-refractivity contribution in [1.82, 2.24) is 10.3 Å². The Hall–Kier alpha value is -0.960. The molecule has 0 saturated carbocycles. The molecule has 12 heavy (non-hydrogen) atoms. The van der Waals surface area contributed by atoms with Gasteiger partial charge < -0.3 is 5.32 Å². The molecule has 1 N–H and O–H groups in total. The highest BCUT2D eigenvalue weighted by atomic mass is 19.1. The van der Waals surface area contributed by atoms with Gasteiger partial charge in [-0.05, 0) is 18.9 Å².